The van der Waals surface area contributed by atoms with Crippen molar-refractivity contribution in [3.05, 3.63) is 58.9 Å². The van der Waals surface area contributed by atoms with Crippen molar-refractivity contribution in [3.8, 4) is 11.5 Å². The molecule has 0 fully saturated rings. The summed E-state index contributed by atoms with van der Waals surface area (Å²) in [5.74, 6) is 0.619. The summed E-state index contributed by atoms with van der Waals surface area (Å²) in [6.45, 7) is 4.56. The fourth-order valence-corrected chi connectivity index (χ4v) is 2.11. The van der Waals surface area contributed by atoms with Crippen molar-refractivity contribution in [3.63, 3.8) is 0 Å². The van der Waals surface area contributed by atoms with E-state index < -0.39 is 0 Å². The van der Waals surface area contributed by atoms with Crippen LogP contribution < -0.4 is 10.1 Å². The second-order valence-electron chi connectivity index (χ2n) is 4.68. The summed E-state index contributed by atoms with van der Waals surface area (Å²) in [6, 6.07) is 10.8. The Kier molecular flexibility index (Phi) is 4.17. The Hall–Kier alpha value is -1.87. The third-order valence-corrected chi connectivity index (χ3v) is 2.83. The summed E-state index contributed by atoms with van der Waals surface area (Å²) in [4.78, 5) is 0. The molecule has 0 bridgehead atoms. The molecule has 2 rings (SSSR count). The monoisotopic (exact) mass is 259 g/mol. The summed E-state index contributed by atoms with van der Waals surface area (Å²) >= 11 is 0. The Labute approximate surface area is 113 Å². The van der Waals surface area contributed by atoms with Gasteiger partial charge in [0.1, 0.15) is 5.75 Å². The first-order chi connectivity index (χ1) is 9.10. The number of nitrogens with one attached hydrogen (secondary N) is 1. The maximum Gasteiger partial charge on any atom is 0.167 e. The zero-order chi connectivity index (χ0) is 13.8. The van der Waals surface area contributed by atoms with Crippen LogP contribution in [-0.4, -0.2) is 7.05 Å². The standard InChI is InChI=1S/C16H18FNO/c1-11-7-12(2)9-14(8-11)19-16-13(10-18-3)5-4-6-15(16)17/h4-9,18H,10H2,1-3H3. The SMILES string of the molecule is CNCc1cccc(F)c1Oc1cc(C)cc(C)c1. The van der Waals surface area contributed by atoms with E-state index in [0.29, 0.717) is 18.0 Å². The van der Waals surface area contributed by atoms with Gasteiger partial charge < -0.3 is 10.1 Å². The number of aryl methyl sites for hydroxylation is 2. The van der Waals surface area contributed by atoms with Crippen LogP contribution in [0.2, 0.25) is 0 Å². The Morgan fingerprint density at radius 2 is 1.79 bits per heavy atom. The molecule has 2 aromatic carbocycles. The van der Waals surface area contributed by atoms with Crippen molar-refractivity contribution < 1.29 is 9.13 Å². The van der Waals surface area contributed by atoms with Crippen LogP contribution in [0.4, 0.5) is 4.39 Å². The minimum Gasteiger partial charge on any atom is -0.454 e. The quantitative estimate of drug-likeness (QED) is 0.897. The van der Waals surface area contributed by atoms with Crippen molar-refractivity contribution in [2.24, 2.45) is 0 Å². The molecule has 0 unspecified atom stereocenters. The predicted molar refractivity (Wildman–Crippen MR) is 75.2 cm³/mol. The minimum absolute atomic E-state index is 0.293. The molecule has 2 nitrogen and oxygen atoms in total. The summed E-state index contributed by atoms with van der Waals surface area (Å²) in [6.07, 6.45) is 0. The molecule has 0 aliphatic carbocycles. The second-order valence-corrected chi connectivity index (χ2v) is 4.68. The summed E-state index contributed by atoms with van der Waals surface area (Å²) in [5.41, 5.74) is 3.00. The number of hydrogen-bond acceptors (Lipinski definition) is 2. The van der Waals surface area contributed by atoms with Gasteiger partial charge >= 0.3 is 0 Å². The lowest BCUT2D eigenvalue weighted by Gasteiger charge is -2.13. The fourth-order valence-electron chi connectivity index (χ4n) is 2.11. The lowest BCUT2D eigenvalue weighted by Crippen LogP contribution is -2.07. The van der Waals surface area contributed by atoms with Gasteiger partial charge in [-0.2, -0.15) is 0 Å². The molecule has 0 atom stereocenters. The average Bonchev–Trinajstić information content (AvgIpc) is 2.32. The largest absolute Gasteiger partial charge is 0.454 e. The van der Waals surface area contributed by atoms with E-state index in [4.69, 9.17) is 4.74 Å². The van der Waals surface area contributed by atoms with Crippen LogP contribution in [-0.2, 0) is 6.54 Å². The smallest absolute Gasteiger partial charge is 0.167 e. The highest BCUT2D eigenvalue weighted by Gasteiger charge is 2.10. The molecular weight excluding hydrogens is 241 g/mol. The van der Waals surface area contributed by atoms with Gasteiger partial charge in [0.15, 0.2) is 11.6 Å². The average molecular weight is 259 g/mol. The first-order valence-electron chi connectivity index (χ1n) is 6.28. The van der Waals surface area contributed by atoms with Gasteiger partial charge in [-0.15, -0.1) is 0 Å². The summed E-state index contributed by atoms with van der Waals surface area (Å²) in [7, 11) is 1.82. The topological polar surface area (TPSA) is 21.3 Å². The number of rotatable bonds is 4. The van der Waals surface area contributed by atoms with Crippen LogP contribution in [0, 0.1) is 19.7 Å². The van der Waals surface area contributed by atoms with Crippen molar-refractivity contribution in [1.82, 2.24) is 5.32 Å². The molecule has 0 saturated heterocycles. The molecule has 0 aromatic heterocycles. The van der Waals surface area contributed by atoms with Crippen LogP contribution in [0.15, 0.2) is 36.4 Å². The summed E-state index contributed by atoms with van der Waals surface area (Å²) < 4.78 is 19.6. The molecule has 1 N–H and O–H groups in total. The molecule has 0 radical (unpaired) electrons. The first kappa shape index (κ1) is 13.6. The number of halogens is 1. The number of ether oxygens (including phenoxy) is 1. The van der Waals surface area contributed by atoms with Crippen molar-refractivity contribution in [1.29, 1.82) is 0 Å². The molecule has 0 saturated carbocycles. The zero-order valence-corrected chi connectivity index (χ0v) is 11.5. The maximum absolute atomic E-state index is 13.9. The molecule has 2 aromatic rings. The van der Waals surface area contributed by atoms with E-state index in [-0.39, 0.29) is 5.82 Å². The van der Waals surface area contributed by atoms with E-state index in [1.165, 1.54) is 6.07 Å². The Morgan fingerprint density at radius 1 is 1.11 bits per heavy atom. The van der Waals surface area contributed by atoms with Gasteiger partial charge in [-0.1, -0.05) is 18.2 Å². The first-order valence-corrected chi connectivity index (χ1v) is 6.28. The Balaban J connectivity index is 2.36. The highest BCUT2D eigenvalue weighted by molar-refractivity contribution is 5.41. The van der Waals surface area contributed by atoms with E-state index in [9.17, 15) is 4.39 Å². The van der Waals surface area contributed by atoms with E-state index in [0.717, 1.165) is 16.7 Å². The predicted octanol–water partition coefficient (Wildman–Crippen LogP) is 3.95. The lowest BCUT2D eigenvalue weighted by molar-refractivity contribution is 0.434. The normalized spacial score (nSPS) is 10.5. The minimum atomic E-state index is -0.341. The van der Waals surface area contributed by atoms with Crippen LogP contribution >= 0.6 is 0 Å². The van der Waals surface area contributed by atoms with Gasteiger partial charge in [0, 0.05) is 12.1 Å². The van der Waals surface area contributed by atoms with Gasteiger partial charge in [-0.3, -0.25) is 0 Å². The van der Waals surface area contributed by atoms with Crippen molar-refractivity contribution in [2.45, 2.75) is 20.4 Å². The van der Waals surface area contributed by atoms with Crippen LogP contribution in [0.25, 0.3) is 0 Å². The van der Waals surface area contributed by atoms with Crippen LogP contribution in [0.1, 0.15) is 16.7 Å². The number of benzene rings is 2. The lowest BCUT2D eigenvalue weighted by atomic mass is 10.1. The van der Waals surface area contributed by atoms with Crippen molar-refractivity contribution in [2.75, 3.05) is 7.05 Å². The Bertz CT molecular complexity index is 561. The second kappa shape index (κ2) is 5.85. The van der Waals surface area contributed by atoms with E-state index in [1.807, 2.05) is 39.1 Å². The third-order valence-electron chi connectivity index (χ3n) is 2.83. The highest BCUT2D eigenvalue weighted by Crippen LogP contribution is 2.29. The fraction of sp³-hybridized carbons (Fsp3) is 0.250. The molecule has 0 amide bonds. The summed E-state index contributed by atoms with van der Waals surface area (Å²) in [5, 5.41) is 3.01. The van der Waals surface area contributed by atoms with Gasteiger partial charge in [-0.05, 0) is 50.2 Å². The molecule has 3 heteroatoms. The molecule has 100 valence electrons. The van der Waals surface area contributed by atoms with Gasteiger partial charge in [-0.25, -0.2) is 4.39 Å². The molecule has 0 heterocycles. The van der Waals surface area contributed by atoms with Gasteiger partial charge in [0.2, 0.25) is 0 Å². The third kappa shape index (κ3) is 3.32. The molecular formula is C16H18FNO. The molecule has 0 aliphatic heterocycles. The van der Waals surface area contributed by atoms with E-state index in [2.05, 4.69) is 11.4 Å². The van der Waals surface area contributed by atoms with E-state index in [1.54, 1.807) is 6.07 Å². The number of hydrogen-bond donors (Lipinski definition) is 1. The van der Waals surface area contributed by atoms with Crippen LogP contribution in [0.5, 0.6) is 11.5 Å². The maximum atomic E-state index is 13.9. The van der Waals surface area contributed by atoms with E-state index >= 15 is 0 Å². The molecule has 19 heavy (non-hydrogen) atoms. The molecule has 0 aliphatic rings. The van der Waals surface area contributed by atoms with Crippen molar-refractivity contribution >= 4 is 0 Å². The molecule has 0 spiro atoms. The highest BCUT2D eigenvalue weighted by atomic mass is 19.1. The van der Waals surface area contributed by atoms with Gasteiger partial charge in [0.05, 0.1) is 0 Å². The Morgan fingerprint density at radius 3 is 2.42 bits per heavy atom. The van der Waals surface area contributed by atoms with Crippen LogP contribution in [0.3, 0.4) is 0 Å². The zero-order valence-electron chi connectivity index (χ0n) is 11.5. The van der Waals surface area contributed by atoms with Gasteiger partial charge in [0.25, 0.3) is 0 Å². The number of para-hydroxylation sites is 1.